The summed E-state index contributed by atoms with van der Waals surface area (Å²) in [6.45, 7) is -0.498. The van der Waals surface area contributed by atoms with Crippen molar-refractivity contribution in [3.05, 3.63) is 101 Å². The third-order valence-corrected chi connectivity index (χ3v) is 8.25. The monoisotopic (exact) mass is 579 g/mol. The number of aryl methyl sites for hydroxylation is 1. The highest BCUT2D eigenvalue weighted by Crippen LogP contribution is 2.46. The summed E-state index contributed by atoms with van der Waals surface area (Å²) >= 11 is 0. The van der Waals surface area contributed by atoms with Crippen LogP contribution >= 0.6 is 0 Å². The van der Waals surface area contributed by atoms with Crippen molar-refractivity contribution in [2.45, 2.75) is 62.2 Å². The fourth-order valence-electron chi connectivity index (χ4n) is 5.87. The van der Waals surface area contributed by atoms with E-state index in [0.29, 0.717) is 18.5 Å². The van der Waals surface area contributed by atoms with Crippen LogP contribution in [0, 0.1) is 11.7 Å². The lowest BCUT2D eigenvalue weighted by Crippen LogP contribution is -2.59. The molecule has 0 aliphatic carbocycles. The van der Waals surface area contributed by atoms with Gasteiger partial charge in [-0.2, -0.15) is 0 Å². The maximum absolute atomic E-state index is 13.4. The number of carbonyl (C=O) groups is 2. The van der Waals surface area contributed by atoms with Gasteiger partial charge in [0.2, 0.25) is 5.91 Å². The van der Waals surface area contributed by atoms with Crippen LogP contribution in [0.25, 0.3) is 0 Å². The highest BCUT2D eigenvalue weighted by atomic mass is 19.1. The second-order valence-corrected chi connectivity index (χ2v) is 10.9. The molecule has 3 aromatic rings. The number of hydrogen-bond acceptors (Lipinski definition) is 7. The van der Waals surface area contributed by atoms with Gasteiger partial charge >= 0.3 is 5.97 Å². The summed E-state index contributed by atoms with van der Waals surface area (Å²) in [7, 11) is 0. The number of carboxylic acids is 1. The second kappa shape index (κ2) is 12.7. The van der Waals surface area contributed by atoms with Gasteiger partial charge in [0.25, 0.3) is 0 Å². The molecule has 0 saturated carbocycles. The van der Waals surface area contributed by atoms with E-state index in [9.17, 15) is 39.5 Å². The van der Waals surface area contributed by atoms with Crippen molar-refractivity contribution >= 4 is 17.6 Å². The molecular weight excluding hydrogens is 545 g/mol. The number of aromatic carboxylic acids is 1. The van der Waals surface area contributed by atoms with Crippen LogP contribution in [0.2, 0.25) is 0 Å². The molecule has 3 aromatic carbocycles. The number of carbonyl (C=O) groups excluding carboxylic acids is 1. The third kappa shape index (κ3) is 6.08. The summed E-state index contributed by atoms with van der Waals surface area (Å²) in [5.74, 6) is -1.72. The molecule has 2 saturated heterocycles. The fourth-order valence-corrected chi connectivity index (χ4v) is 5.87. The predicted molar refractivity (Wildman–Crippen MR) is 150 cm³/mol. The summed E-state index contributed by atoms with van der Waals surface area (Å²) in [5.41, 5.74) is 3.37. The zero-order chi connectivity index (χ0) is 30.0. The first-order valence-electron chi connectivity index (χ1n) is 14.0. The molecule has 2 aliphatic rings. The maximum atomic E-state index is 13.4. The van der Waals surface area contributed by atoms with E-state index in [-0.39, 0.29) is 35.7 Å². The molecule has 0 aromatic heterocycles. The van der Waals surface area contributed by atoms with E-state index in [0.717, 1.165) is 23.1 Å². The summed E-state index contributed by atoms with van der Waals surface area (Å²) in [4.78, 5) is 26.4. The van der Waals surface area contributed by atoms with Crippen LogP contribution in [0.15, 0.2) is 72.8 Å². The number of halogens is 1. The Balaban J connectivity index is 1.33. The smallest absolute Gasteiger partial charge is 0.335 e. The van der Waals surface area contributed by atoms with E-state index in [4.69, 9.17) is 4.74 Å². The SMILES string of the molecule is O=C(O)c1ccc(N2C(=O)[C@H](CCCc3ccc(F)cc3)[C@H]2c2ccc(C[C@@H]3O[C@H](CO)[C@@H](O)[C@H](O)[C@@H]3O)cc2)cc1. The lowest BCUT2D eigenvalue weighted by molar-refractivity contribution is -0.228. The normalized spacial score (nSPS) is 27.5. The number of carboxylic acid groups (broad SMARTS) is 1. The number of rotatable bonds is 10. The summed E-state index contributed by atoms with van der Waals surface area (Å²) in [5, 5.41) is 49.3. The summed E-state index contributed by atoms with van der Waals surface area (Å²) in [6.07, 6.45) is -3.76. The molecular formula is C32H34FNO8. The molecule has 2 heterocycles. The van der Waals surface area contributed by atoms with Gasteiger partial charge in [-0.05, 0) is 72.4 Å². The average molecular weight is 580 g/mol. The number of anilines is 1. The van der Waals surface area contributed by atoms with Crippen LogP contribution in [0.4, 0.5) is 10.1 Å². The number of aliphatic hydroxyl groups excluding tert-OH is 4. The molecule has 0 unspecified atom stereocenters. The second-order valence-electron chi connectivity index (χ2n) is 10.9. The number of hydrogen-bond donors (Lipinski definition) is 5. The van der Waals surface area contributed by atoms with Crippen molar-refractivity contribution in [3.8, 4) is 0 Å². The molecule has 10 heteroatoms. The highest BCUT2D eigenvalue weighted by molar-refractivity contribution is 6.03. The van der Waals surface area contributed by atoms with Crippen LogP contribution in [-0.2, 0) is 22.4 Å². The number of amides is 1. The lowest BCUT2D eigenvalue weighted by Gasteiger charge is -2.48. The van der Waals surface area contributed by atoms with Crippen molar-refractivity contribution in [1.82, 2.24) is 0 Å². The van der Waals surface area contributed by atoms with Gasteiger partial charge in [-0.1, -0.05) is 36.4 Å². The Hall–Kier alpha value is -3.67. The molecule has 9 nitrogen and oxygen atoms in total. The van der Waals surface area contributed by atoms with Crippen LogP contribution < -0.4 is 4.90 Å². The van der Waals surface area contributed by atoms with Crippen LogP contribution in [-0.4, -0.2) is 74.5 Å². The first-order chi connectivity index (χ1) is 20.2. The van der Waals surface area contributed by atoms with Gasteiger partial charge < -0.3 is 35.2 Å². The van der Waals surface area contributed by atoms with Crippen LogP contribution in [0.1, 0.15) is 45.9 Å². The van der Waals surface area contributed by atoms with E-state index in [1.807, 2.05) is 24.3 Å². The van der Waals surface area contributed by atoms with Gasteiger partial charge in [0.15, 0.2) is 0 Å². The van der Waals surface area contributed by atoms with Crippen molar-refractivity contribution in [2.75, 3.05) is 11.5 Å². The van der Waals surface area contributed by atoms with Gasteiger partial charge in [0.1, 0.15) is 30.2 Å². The van der Waals surface area contributed by atoms with Gasteiger partial charge in [0, 0.05) is 12.1 Å². The number of benzene rings is 3. The molecule has 0 radical (unpaired) electrons. The Morgan fingerprint density at radius 3 is 2.07 bits per heavy atom. The Morgan fingerprint density at radius 2 is 1.45 bits per heavy atom. The number of aliphatic hydroxyl groups is 4. The average Bonchev–Trinajstić information content (AvgIpc) is 2.99. The zero-order valence-corrected chi connectivity index (χ0v) is 22.8. The van der Waals surface area contributed by atoms with E-state index >= 15 is 0 Å². The molecule has 2 aliphatic heterocycles. The summed E-state index contributed by atoms with van der Waals surface area (Å²) < 4.78 is 18.9. The molecule has 7 atom stereocenters. The third-order valence-electron chi connectivity index (χ3n) is 8.25. The largest absolute Gasteiger partial charge is 0.478 e. The highest BCUT2D eigenvalue weighted by Gasteiger charge is 2.48. The van der Waals surface area contributed by atoms with Crippen molar-refractivity contribution in [2.24, 2.45) is 5.92 Å². The Morgan fingerprint density at radius 1 is 0.833 bits per heavy atom. The minimum Gasteiger partial charge on any atom is -0.478 e. The first kappa shape index (κ1) is 29.8. The molecule has 0 spiro atoms. The topological polar surface area (TPSA) is 148 Å². The van der Waals surface area contributed by atoms with Gasteiger partial charge in [-0.15, -0.1) is 0 Å². The number of ether oxygens (including phenoxy) is 1. The molecule has 5 N–H and O–H groups in total. The quantitative estimate of drug-likeness (QED) is 0.230. The fraction of sp³-hybridized carbons (Fsp3) is 0.375. The number of β-lactam (4-membered cyclic amide) rings is 1. The van der Waals surface area contributed by atoms with Gasteiger partial charge in [-0.3, -0.25) is 4.79 Å². The van der Waals surface area contributed by atoms with Crippen LogP contribution in [0.3, 0.4) is 0 Å². The number of nitrogens with zero attached hydrogens (tertiary/aromatic N) is 1. The zero-order valence-electron chi connectivity index (χ0n) is 22.8. The molecule has 2 fully saturated rings. The van der Waals surface area contributed by atoms with Crippen molar-refractivity contribution in [1.29, 1.82) is 0 Å². The van der Waals surface area contributed by atoms with Gasteiger partial charge in [-0.25, -0.2) is 9.18 Å². The van der Waals surface area contributed by atoms with Crippen molar-refractivity contribution in [3.63, 3.8) is 0 Å². The molecule has 42 heavy (non-hydrogen) atoms. The molecule has 0 bridgehead atoms. The van der Waals surface area contributed by atoms with E-state index in [1.165, 1.54) is 24.3 Å². The van der Waals surface area contributed by atoms with Crippen LogP contribution in [0.5, 0.6) is 0 Å². The van der Waals surface area contributed by atoms with E-state index in [2.05, 4.69) is 0 Å². The Labute approximate surface area is 242 Å². The lowest BCUT2D eigenvalue weighted by atomic mass is 9.78. The standard InChI is InChI=1S/C32H34FNO8/c33-22-12-6-18(7-13-22)2-1-3-24-27(34(31(24)39)23-14-10-21(11-15-23)32(40)41)20-8-4-19(5-9-20)16-25-28(36)30(38)29(37)26(17-35)42-25/h4-15,24-30,35-38H,1-3,16-17H2,(H,40,41)/t24-,25+,26-,27-,28-,29-,30-/m1/s1. The first-order valence-corrected chi connectivity index (χ1v) is 14.0. The Kier molecular flexibility index (Phi) is 9.00. The molecule has 1 amide bonds. The van der Waals surface area contributed by atoms with Crippen molar-refractivity contribution < 1.29 is 44.2 Å². The minimum atomic E-state index is -1.45. The minimum absolute atomic E-state index is 0.0624. The van der Waals surface area contributed by atoms with E-state index in [1.54, 1.807) is 29.2 Å². The Bertz CT molecular complexity index is 1380. The predicted octanol–water partition coefficient (Wildman–Crippen LogP) is 2.64. The van der Waals surface area contributed by atoms with E-state index < -0.39 is 43.1 Å². The summed E-state index contributed by atoms with van der Waals surface area (Å²) in [6, 6.07) is 19.7. The molecule has 5 rings (SSSR count). The van der Waals surface area contributed by atoms with Gasteiger partial charge in [0.05, 0.1) is 30.2 Å². The molecule has 222 valence electrons. The maximum Gasteiger partial charge on any atom is 0.335 e.